The number of halogens is 2. The molecule has 0 atom stereocenters. The number of hydrogen-bond donors (Lipinski definition) is 2. The van der Waals surface area contributed by atoms with Crippen molar-refractivity contribution in [1.29, 1.82) is 0 Å². The molecule has 0 aliphatic rings. The Balaban J connectivity index is 0.000000244. The molecule has 2 N–H and O–H groups in total. The summed E-state index contributed by atoms with van der Waals surface area (Å²) < 4.78 is 11.0. The molecule has 0 aromatic heterocycles. The fourth-order valence-corrected chi connectivity index (χ4v) is 6.22. The summed E-state index contributed by atoms with van der Waals surface area (Å²) in [5.41, 5.74) is 6.35. The average Bonchev–Trinajstić information content (AvgIpc) is 3.26. The summed E-state index contributed by atoms with van der Waals surface area (Å²) in [4.78, 5) is 8.99. The molecule has 6 aromatic rings. The van der Waals surface area contributed by atoms with Crippen molar-refractivity contribution in [2.75, 3.05) is 13.2 Å². The van der Waals surface area contributed by atoms with E-state index < -0.39 is 17.0 Å². The van der Waals surface area contributed by atoms with Crippen LogP contribution in [0.4, 0.5) is 11.4 Å². The molecule has 0 fully saturated rings. The van der Waals surface area contributed by atoms with Gasteiger partial charge in [0, 0.05) is 45.5 Å². The molecule has 0 spiro atoms. The number of hydrogen-bond acceptors (Lipinski definition) is 6. The number of phenols is 2. The second-order valence-electron chi connectivity index (χ2n) is 14.2. The Hall–Kier alpha value is -5.37. The number of aliphatic imine (C=N–C) groups is 2. The molecule has 6 aromatic carbocycles. The van der Waals surface area contributed by atoms with E-state index in [1.165, 1.54) is 0 Å². The molecule has 0 saturated carbocycles. The van der Waals surface area contributed by atoms with Gasteiger partial charge in [-0.3, -0.25) is 9.98 Å². The van der Waals surface area contributed by atoms with Crippen molar-refractivity contribution < 1.29 is 36.7 Å². The molecule has 9 heteroatoms. The second-order valence-corrected chi connectivity index (χ2v) is 16.8. The van der Waals surface area contributed by atoms with Gasteiger partial charge in [-0.15, -0.1) is 0 Å². The molecular weight excluding hydrogens is 811 g/mol. The van der Waals surface area contributed by atoms with Gasteiger partial charge in [-0.2, -0.15) is 0 Å². The van der Waals surface area contributed by atoms with E-state index in [9.17, 15) is 10.2 Å². The standard InChI is InChI=1S/2C25H25NO2.2ClH.Ti/c2*1-4-17-28-22-15-13-21(14-16-22)26-18-19-9-8-12-23(24(19)27)25(2,3)20-10-6-5-7-11-20;;;/h2*4-16,18,27H,1,17H2,2-3H3;2*1H;/q;;;;+2/p-2. The van der Waals surface area contributed by atoms with Crippen molar-refractivity contribution in [2.24, 2.45) is 9.98 Å². The van der Waals surface area contributed by atoms with Gasteiger partial charge in [0.1, 0.15) is 36.2 Å². The number of phenolic OH excluding ortho intramolecular Hbond substituents is 2. The molecule has 6 rings (SSSR count). The molecule has 6 nitrogen and oxygen atoms in total. The van der Waals surface area contributed by atoms with Gasteiger partial charge in [-0.1, -0.05) is 138 Å². The van der Waals surface area contributed by atoms with Crippen LogP contribution in [0.25, 0.3) is 0 Å². The van der Waals surface area contributed by atoms with Crippen molar-refractivity contribution in [3.63, 3.8) is 0 Å². The van der Waals surface area contributed by atoms with Gasteiger partial charge < -0.3 is 19.7 Å². The van der Waals surface area contributed by atoms with Crippen LogP contribution in [0, 0.1) is 0 Å². The molecule has 0 unspecified atom stereocenters. The quantitative estimate of drug-likeness (QED) is 0.0649. The van der Waals surface area contributed by atoms with Gasteiger partial charge in [-0.05, 0) is 71.8 Å². The zero-order valence-electron chi connectivity index (χ0n) is 33.9. The Labute approximate surface area is 365 Å². The first-order valence-corrected chi connectivity index (χ1v) is 23.2. The van der Waals surface area contributed by atoms with Gasteiger partial charge in [0.2, 0.25) is 0 Å². The second kappa shape index (κ2) is 23.3. The summed E-state index contributed by atoms with van der Waals surface area (Å²) in [5.74, 6) is 2.05. The zero-order chi connectivity index (χ0) is 42.7. The van der Waals surface area contributed by atoms with Crippen LogP contribution in [0.1, 0.15) is 61.1 Å². The Morgan fingerprint density at radius 3 is 1.19 bits per heavy atom. The van der Waals surface area contributed by atoms with Crippen LogP contribution < -0.4 is 9.47 Å². The van der Waals surface area contributed by atoms with Gasteiger partial charge in [0.05, 0.1) is 11.4 Å². The van der Waals surface area contributed by atoms with E-state index in [2.05, 4.69) is 75.1 Å². The monoisotopic (exact) mass is 860 g/mol. The molecular formula is C50H50Cl2N2O4Ti. The average molecular weight is 862 g/mol. The predicted octanol–water partition coefficient (Wildman–Crippen LogP) is 13.4. The van der Waals surface area contributed by atoms with Crippen molar-refractivity contribution >= 4 is 42.4 Å². The summed E-state index contributed by atoms with van der Waals surface area (Å²) in [7, 11) is 9.78. The third kappa shape index (κ3) is 13.3. The van der Waals surface area contributed by atoms with Crippen LogP contribution in [0.3, 0.4) is 0 Å². The maximum atomic E-state index is 10.9. The Morgan fingerprint density at radius 2 is 0.864 bits per heavy atom. The molecule has 0 radical (unpaired) electrons. The van der Waals surface area contributed by atoms with Crippen molar-refractivity contribution in [1.82, 2.24) is 0 Å². The number of para-hydroxylation sites is 2. The van der Waals surface area contributed by atoms with E-state index in [1.54, 1.807) is 24.6 Å². The van der Waals surface area contributed by atoms with Crippen molar-refractivity contribution in [3.05, 3.63) is 204 Å². The number of aromatic hydroxyl groups is 2. The first kappa shape index (κ1) is 46.3. The van der Waals surface area contributed by atoms with Gasteiger partial charge in [-0.25, -0.2) is 0 Å². The summed E-state index contributed by atoms with van der Waals surface area (Å²) in [6.07, 6.45) is 6.80. The normalized spacial score (nSPS) is 11.2. The molecule has 0 aliphatic carbocycles. The van der Waals surface area contributed by atoms with E-state index in [4.69, 9.17) is 28.1 Å². The molecule has 0 heterocycles. The molecule has 302 valence electrons. The van der Waals surface area contributed by atoms with Crippen molar-refractivity contribution in [3.8, 4) is 23.0 Å². The van der Waals surface area contributed by atoms with E-state index >= 15 is 0 Å². The van der Waals surface area contributed by atoms with E-state index in [0.29, 0.717) is 24.3 Å². The Kier molecular flexibility index (Phi) is 18.3. The fourth-order valence-electron chi connectivity index (χ4n) is 6.22. The first-order valence-electron chi connectivity index (χ1n) is 18.9. The van der Waals surface area contributed by atoms with E-state index in [1.807, 2.05) is 121 Å². The van der Waals surface area contributed by atoms with Gasteiger partial charge in [0.15, 0.2) is 0 Å². The summed E-state index contributed by atoms with van der Waals surface area (Å²) in [5, 5.41) is 21.8. The van der Waals surface area contributed by atoms with E-state index in [0.717, 1.165) is 45.1 Å². The van der Waals surface area contributed by atoms with Crippen LogP contribution >= 0.6 is 18.6 Å². The summed E-state index contributed by atoms with van der Waals surface area (Å²) in [6, 6.07) is 46.9. The molecule has 0 amide bonds. The van der Waals surface area contributed by atoms with Gasteiger partial charge in [0.25, 0.3) is 0 Å². The third-order valence-corrected chi connectivity index (χ3v) is 9.59. The van der Waals surface area contributed by atoms with E-state index in [-0.39, 0.29) is 22.3 Å². The maximum absolute atomic E-state index is 10.9. The van der Waals surface area contributed by atoms with Gasteiger partial charge >= 0.3 is 35.6 Å². The minimum absolute atomic E-state index is 0.256. The number of rotatable bonds is 14. The molecule has 0 saturated heterocycles. The Morgan fingerprint density at radius 1 is 0.525 bits per heavy atom. The first-order chi connectivity index (χ1) is 28.5. The number of nitrogens with zero attached hydrogens (tertiary/aromatic N) is 2. The third-order valence-electron chi connectivity index (χ3n) is 9.59. The predicted molar refractivity (Wildman–Crippen MR) is 244 cm³/mol. The number of ether oxygens (including phenoxy) is 2. The fraction of sp³-hybridized carbons (Fsp3) is 0.160. The molecule has 0 bridgehead atoms. The molecule has 0 aliphatic heterocycles. The van der Waals surface area contributed by atoms with Crippen LogP contribution in [0.5, 0.6) is 23.0 Å². The Bertz CT molecular complexity index is 2120. The molecule has 59 heavy (non-hydrogen) atoms. The summed E-state index contributed by atoms with van der Waals surface area (Å²) >= 11 is -0.556. The number of benzene rings is 6. The minimum atomic E-state index is -0.556. The van der Waals surface area contributed by atoms with Crippen LogP contribution in [0.15, 0.2) is 181 Å². The van der Waals surface area contributed by atoms with Crippen LogP contribution in [-0.4, -0.2) is 35.9 Å². The van der Waals surface area contributed by atoms with Crippen LogP contribution in [-0.2, 0) is 27.9 Å². The summed E-state index contributed by atoms with van der Waals surface area (Å²) in [6.45, 7) is 16.7. The van der Waals surface area contributed by atoms with Crippen molar-refractivity contribution in [2.45, 2.75) is 38.5 Å². The topological polar surface area (TPSA) is 83.6 Å². The van der Waals surface area contributed by atoms with Crippen LogP contribution in [0.2, 0.25) is 0 Å². The zero-order valence-corrected chi connectivity index (χ0v) is 36.9. The SMILES string of the molecule is C=CCOc1ccc(N=Cc2cccc(C(C)(C)c3ccccc3)c2O)cc1.C=CCOc1ccc(N=Cc2cccc(C(C)(C)c3ccccc3)c2O)cc1.[Cl][Ti][Cl].